The molecule has 0 bridgehead atoms. The molecule has 164 valence electrons. The average Bonchev–Trinajstić information content (AvgIpc) is 3.01. The van der Waals surface area contributed by atoms with Crippen LogP contribution in [0.1, 0.15) is 71.0 Å². The van der Waals surface area contributed by atoms with Crippen LogP contribution in [0.5, 0.6) is 0 Å². The van der Waals surface area contributed by atoms with Crippen LogP contribution in [0.25, 0.3) is 6.08 Å². The van der Waals surface area contributed by atoms with Crippen molar-refractivity contribution in [3.8, 4) is 0 Å². The average molecular weight is 456 g/mol. The van der Waals surface area contributed by atoms with Gasteiger partial charge >= 0.3 is 0 Å². The van der Waals surface area contributed by atoms with Crippen LogP contribution in [0.4, 0.5) is 0 Å². The molecule has 1 aromatic rings. The van der Waals surface area contributed by atoms with Crippen molar-refractivity contribution in [2.45, 2.75) is 91.5 Å². The van der Waals surface area contributed by atoms with Gasteiger partial charge in [0.2, 0.25) is 0 Å². The van der Waals surface area contributed by atoms with Crippen molar-refractivity contribution in [2.75, 3.05) is 0 Å². The van der Waals surface area contributed by atoms with Gasteiger partial charge in [0.25, 0.3) is 0 Å². The molecule has 0 N–H and O–H groups in total. The van der Waals surface area contributed by atoms with Crippen LogP contribution >= 0.6 is 22.9 Å². The third-order valence-electron chi connectivity index (χ3n) is 5.62. The van der Waals surface area contributed by atoms with E-state index in [0.29, 0.717) is 5.03 Å². The number of hydrogen-bond acceptors (Lipinski definition) is 4. The molecule has 6 heteroatoms. The van der Waals surface area contributed by atoms with E-state index in [1.54, 1.807) is 11.3 Å². The standard InChI is InChI=1S/C23H38ClNO2SSi/c1-17(10-9-11-18(2)15-26)12-13-22(27-29(7,8)23(4,5)6)21(24)14-20-16-28-19(3)25-20/h12,14-16,18,22H,9-11,13H2,1-8H3/b17-12+,21-14-/t18-,22-/m0/s1. The van der Waals surface area contributed by atoms with E-state index in [1.165, 1.54) is 5.57 Å². The minimum atomic E-state index is -1.97. The van der Waals surface area contributed by atoms with Crippen LogP contribution in [0.2, 0.25) is 18.1 Å². The summed E-state index contributed by atoms with van der Waals surface area (Å²) in [7, 11) is -1.97. The molecule has 0 aliphatic carbocycles. The summed E-state index contributed by atoms with van der Waals surface area (Å²) >= 11 is 8.37. The lowest BCUT2D eigenvalue weighted by Crippen LogP contribution is -2.44. The van der Waals surface area contributed by atoms with Gasteiger partial charge in [0, 0.05) is 16.3 Å². The molecule has 1 aromatic heterocycles. The second-order valence-corrected chi connectivity index (χ2v) is 15.7. The number of carbonyl (C=O) groups excluding carboxylic acids is 1. The Morgan fingerprint density at radius 1 is 1.38 bits per heavy atom. The lowest BCUT2D eigenvalue weighted by atomic mass is 10.0. The molecule has 0 aromatic carbocycles. The molecule has 0 saturated heterocycles. The molecule has 0 saturated carbocycles. The number of nitrogens with zero attached hydrogens (tertiary/aromatic N) is 1. The van der Waals surface area contributed by atoms with E-state index in [-0.39, 0.29) is 17.1 Å². The highest BCUT2D eigenvalue weighted by Crippen LogP contribution is 2.39. The van der Waals surface area contributed by atoms with E-state index in [9.17, 15) is 4.79 Å². The maximum Gasteiger partial charge on any atom is 0.192 e. The number of carbonyl (C=O) groups is 1. The Morgan fingerprint density at radius 2 is 2.03 bits per heavy atom. The Kier molecular flexibility index (Phi) is 10.5. The van der Waals surface area contributed by atoms with Gasteiger partial charge < -0.3 is 9.22 Å². The third kappa shape index (κ3) is 9.29. The summed E-state index contributed by atoms with van der Waals surface area (Å²) in [6, 6.07) is 0. The zero-order valence-corrected chi connectivity index (χ0v) is 21.9. The Morgan fingerprint density at radius 3 is 2.55 bits per heavy atom. The summed E-state index contributed by atoms with van der Waals surface area (Å²) in [6.07, 6.45) is 8.76. The van der Waals surface area contributed by atoms with E-state index >= 15 is 0 Å². The molecule has 1 heterocycles. The van der Waals surface area contributed by atoms with Crippen molar-refractivity contribution in [1.29, 1.82) is 0 Å². The van der Waals surface area contributed by atoms with Gasteiger partial charge in [-0.3, -0.25) is 0 Å². The van der Waals surface area contributed by atoms with Gasteiger partial charge in [-0.25, -0.2) is 4.98 Å². The number of rotatable bonds is 11. The van der Waals surface area contributed by atoms with Crippen LogP contribution in [0.3, 0.4) is 0 Å². The number of hydrogen-bond donors (Lipinski definition) is 0. The molecule has 0 amide bonds. The van der Waals surface area contributed by atoms with Crippen molar-refractivity contribution in [1.82, 2.24) is 4.98 Å². The number of halogens is 1. The molecule has 29 heavy (non-hydrogen) atoms. The topological polar surface area (TPSA) is 39.2 Å². The maximum atomic E-state index is 10.8. The van der Waals surface area contributed by atoms with Gasteiger partial charge in [0.1, 0.15) is 6.29 Å². The molecule has 0 aliphatic heterocycles. The summed E-state index contributed by atoms with van der Waals surface area (Å²) in [6.45, 7) is 17.4. The van der Waals surface area contributed by atoms with E-state index < -0.39 is 8.32 Å². The van der Waals surface area contributed by atoms with Crippen molar-refractivity contribution in [3.05, 3.63) is 32.8 Å². The van der Waals surface area contributed by atoms with E-state index in [2.05, 4.69) is 51.8 Å². The van der Waals surface area contributed by atoms with Gasteiger partial charge in [0.15, 0.2) is 8.32 Å². The lowest BCUT2D eigenvalue weighted by Gasteiger charge is -2.39. The maximum absolute atomic E-state index is 10.8. The predicted octanol–water partition coefficient (Wildman–Crippen LogP) is 7.76. The number of allylic oxidation sites excluding steroid dienone is 1. The molecule has 0 aliphatic rings. The summed E-state index contributed by atoms with van der Waals surface area (Å²) in [5.41, 5.74) is 2.21. The van der Waals surface area contributed by atoms with Crippen LogP contribution in [0.15, 0.2) is 22.1 Å². The zero-order chi connectivity index (χ0) is 22.2. The van der Waals surface area contributed by atoms with Crippen molar-refractivity contribution in [2.24, 2.45) is 5.92 Å². The fourth-order valence-corrected chi connectivity index (χ4v) is 4.79. The van der Waals surface area contributed by atoms with Crippen LogP contribution < -0.4 is 0 Å². The highest BCUT2D eigenvalue weighted by Gasteiger charge is 2.39. The Balaban J connectivity index is 2.94. The van der Waals surface area contributed by atoms with Crippen molar-refractivity contribution < 1.29 is 9.22 Å². The first-order chi connectivity index (χ1) is 13.4. The first-order valence-corrected chi connectivity index (χ1v) is 14.6. The number of aromatic nitrogens is 1. The molecule has 3 nitrogen and oxygen atoms in total. The lowest BCUT2D eigenvalue weighted by molar-refractivity contribution is -0.110. The van der Waals surface area contributed by atoms with E-state index in [1.807, 2.05) is 25.3 Å². The summed E-state index contributed by atoms with van der Waals surface area (Å²) in [4.78, 5) is 15.3. The minimum Gasteiger partial charge on any atom is -0.409 e. The fourth-order valence-electron chi connectivity index (χ4n) is 2.61. The summed E-state index contributed by atoms with van der Waals surface area (Å²) < 4.78 is 6.68. The van der Waals surface area contributed by atoms with E-state index in [0.717, 1.165) is 42.7 Å². The second-order valence-electron chi connectivity index (χ2n) is 9.48. The zero-order valence-electron chi connectivity index (χ0n) is 19.3. The minimum absolute atomic E-state index is 0.114. The predicted molar refractivity (Wildman–Crippen MR) is 130 cm³/mol. The van der Waals surface area contributed by atoms with Crippen molar-refractivity contribution >= 4 is 43.6 Å². The fraction of sp³-hybridized carbons (Fsp3) is 0.652. The Labute approximate surface area is 187 Å². The SMILES string of the molecule is C/C(=C\C[C@H](O[Si](C)(C)C(C)(C)C)/C(Cl)=C/c1csc(C)n1)CCC[C@H](C)C=O. The van der Waals surface area contributed by atoms with Gasteiger partial charge in [0.05, 0.1) is 16.8 Å². The molecular weight excluding hydrogens is 418 g/mol. The van der Waals surface area contributed by atoms with Gasteiger partial charge in [-0.05, 0) is 63.7 Å². The first kappa shape index (κ1) is 26.3. The number of thiazole rings is 1. The Bertz CT molecular complexity index is 719. The van der Waals surface area contributed by atoms with Gasteiger partial charge in [-0.15, -0.1) is 11.3 Å². The van der Waals surface area contributed by atoms with Gasteiger partial charge in [-0.1, -0.05) is 50.9 Å². The monoisotopic (exact) mass is 455 g/mol. The summed E-state index contributed by atoms with van der Waals surface area (Å²) in [5.74, 6) is 0.136. The van der Waals surface area contributed by atoms with Crippen molar-refractivity contribution in [3.63, 3.8) is 0 Å². The quantitative estimate of drug-likeness (QED) is 0.194. The highest BCUT2D eigenvalue weighted by atomic mass is 35.5. The molecule has 2 atom stereocenters. The largest absolute Gasteiger partial charge is 0.409 e. The molecule has 0 radical (unpaired) electrons. The molecule has 0 spiro atoms. The molecule has 1 rings (SSSR count). The number of aryl methyl sites for hydroxylation is 1. The second kappa shape index (κ2) is 11.6. The Hall–Kier alpha value is -0.753. The highest BCUT2D eigenvalue weighted by molar-refractivity contribution is 7.09. The summed E-state index contributed by atoms with van der Waals surface area (Å²) in [5, 5.41) is 3.88. The van der Waals surface area contributed by atoms with Crippen LogP contribution in [-0.2, 0) is 9.22 Å². The number of aldehydes is 1. The smallest absolute Gasteiger partial charge is 0.192 e. The first-order valence-electron chi connectivity index (χ1n) is 10.4. The van der Waals surface area contributed by atoms with Crippen LogP contribution in [-0.4, -0.2) is 25.7 Å². The van der Waals surface area contributed by atoms with Crippen LogP contribution in [0, 0.1) is 12.8 Å². The van der Waals surface area contributed by atoms with E-state index in [4.69, 9.17) is 16.0 Å². The molecule has 0 fully saturated rings. The molecular formula is C23H38ClNO2SSi. The normalized spacial score (nSPS) is 16.0. The molecule has 0 unspecified atom stereocenters. The third-order valence-corrected chi connectivity index (χ3v) is 11.2. The van der Waals surface area contributed by atoms with Gasteiger partial charge in [-0.2, -0.15) is 0 Å².